The van der Waals surface area contributed by atoms with Crippen LogP contribution in [0.25, 0.3) is 0 Å². The maximum atomic E-state index is 12.7. The number of nitrogens with one attached hydrogen (secondary N) is 1. The minimum absolute atomic E-state index is 0.00540. The Morgan fingerprint density at radius 1 is 1.20 bits per heavy atom. The standard InChI is InChI=1S/C18H19FN2O4/c1-2-9-24-16-6-3-13(17(22)10-16)11-20-21-18(23)12-25-15-7-4-14(19)5-8-15/h3-8,10-11,22H,2,9,12H2,1H3,(H,21,23)/b20-11+. The molecule has 0 saturated carbocycles. The number of amides is 1. The van der Waals surface area contributed by atoms with Crippen molar-refractivity contribution >= 4 is 12.1 Å². The van der Waals surface area contributed by atoms with E-state index in [-0.39, 0.29) is 18.2 Å². The maximum absolute atomic E-state index is 12.7. The summed E-state index contributed by atoms with van der Waals surface area (Å²) in [5, 5.41) is 13.6. The van der Waals surface area contributed by atoms with Gasteiger partial charge in [-0.15, -0.1) is 0 Å². The van der Waals surface area contributed by atoms with Gasteiger partial charge in [0.25, 0.3) is 5.91 Å². The lowest BCUT2D eigenvalue weighted by Crippen LogP contribution is -2.24. The predicted octanol–water partition coefficient (Wildman–Crippen LogP) is 2.85. The largest absolute Gasteiger partial charge is 0.507 e. The van der Waals surface area contributed by atoms with E-state index in [4.69, 9.17) is 9.47 Å². The molecule has 0 fully saturated rings. The first kappa shape index (κ1) is 18.3. The number of phenols is 1. The Labute approximate surface area is 144 Å². The molecule has 1 amide bonds. The van der Waals surface area contributed by atoms with Crippen molar-refractivity contribution in [2.24, 2.45) is 5.10 Å². The van der Waals surface area contributed by atoms with Crippen LogP contribution in [0.15, 0.2) is 47.6 Å². The molecule has 0 aliphatic carbocycles. The Hall–Kier alpha value is -3.09. The first-order chi connectivity index (χ1) is 12.1. The summed E-state index contributed by atoms with van der Waals surface area (Å²) in [5.41, 5.74) is 2.71. The van der Waals surface area contributed by atoms with E-state index < -0.39 is 5.91 Å². The highest BCUT2D eigenvalue weighted by molar-refractivity contribution is 5.85. The Bertz CT molecular complexity index is 732. The molecule has 6 nitrogen and oxygen atoms in total. The fourth-order valence-corrected chi connectivity index (χ4v) is 1.83. The summed E-state index contributed by atoms with van der Waals surface area (Å²) in [6, 6.07) is 10.1. The Balaban J connectivity index is 1.81. The van der Waals surface area contributed by atoms with Gasteiger partial charge in [0, 0.05) is 11.6 Å². The molecule has 2 N–H and O–H groups in total. The summed E-state index contributed by atoms with van der Waals surface area (Å²) in [6.45, 7) is 2.29. The van der Waals surface area contributed by atoms with Crippen molar-refractivity contribution in [2.45, 2.75) is 13.3 Å². The molecular formula is C18H19FN2O4. The number of benzene rings is 2. The number of hydrazone groups is 1. The molecule has 132 valence electrons. The highest BCUT2D eigenvalue weighted by Gasteiger charge is 2.03. The monoisotopic (exact) mass is 346 g/mol. The number of halogens is 1. The lowest BCUT2D eigenvalue weighted by Gasteiger charge is -2.06. The molecule has 2 rings (SSSR count). The number of phenolic OH excluding ortho intramolecular Hbond substituents is 1. The minimum Gasteiger partial charge on any atom is -0.507 e. The molecule has 0 bridgehead atoms. The van der Waals surface area contributed by atoms with Crippen molar-refractivity contribution in [2.75, 3.05) is 13.2 Å². The zero-order valence-electron chi connectivity index (χ0n) is 13.7. The molecule has 2 aromatic rings. The minimum atomic E-state index is -0.483. The molecule has 0 atom stereocenters. The zero-order valence-corrected chi connectivity index (χ0v) is 13.7. The van der Waals surface area contributed by atoms with Crippen molar-refractivity contribution < 1.29 is 23.8 Å². The van der Waals surface area contributed by atoms with Gasteiger partial charge in [-0.25, -0.2) is 9.82 Å². The lowest BCUT2D eigenvalue weighted by atomic mass is 10.2. The highest BCUT2D eigenvalue weighted by Crippen LogP contribution is 2.22. The van der Waals surface area contributed by atoms with Gasteiger partial charge >= 0.3 is 0 Å². The second-order valence-electron chi connectivity index (χ2n) is 5.10. The van der Waals surface area contributed by atoms with Gasteiger partial charge in [-0.2, -0.15) is 5.10 Å². The van der Waals surface area contributed by atoms with E-state index in [0.717, 1.165) is 6.42 Å². The molecule has 0 spiro atoms. The second kappa shape index (κ2) is 9.27. The van der Waals surface area contributed by atoms with Crippen molar-refractivity contribution in [3.63, 3.8) is 0 Å². The van der Waals surface area contributed by atoms with Crippen LogP contribution >= 0.6 is 0 Å². The molecule has 2 aromatic carbocycles. The van der Waals surface area contributed by atoms with E-state index in [1.165, 1.54) is 36.5 Å². The molecule has 0 unspecified atom stereocenters. The summed E-state index contributed by atoms with van der Waals surface area (Å²) in [7, 11) is 0. The Morgan fingerprint density at radius 2 is 1.92 bits per heavy atom. The third kappa shape index (κ3) is 6.14. The van der Waals surface area contributed by atoms with Crippen LogP contribution in [0.2, 0.25) is 0 Å². The van der Waals surface area contributed by atoms with Crippen LogP contribution in [0.5, 0.6) is 17.2 Å². The van der Waals surface area contributed by atoms with Gasteiger partial charge in [0.1, 0.15) is 23.1 Å². The van der Waals surface area contributed by atoms with Gasteiger partial charge in [0.05, 0.1) is 12.8 Å². The molecule has 0 aliphatic heterocycles. The quantitative estimate of drug-likeness (QED) is 0.569. The third-order valence-electron chi connectivity index (χ3n) is 3.05. The number of hydrogen-bond donors (Lipinski definition) is 2. The summed E-state index contributed by atoms with van der Waals surface area (Å²) < 4.78 is 23.3. The van der Waals surface area contributed by atoms with Gasteiger partial charge in [0.2, 0.25) is 0 Å². The van der Waals surface area contributed by atoms with Gasteiger partial charge in [-0.05, 0) is 42.8 Å². The van der Waals surface area contributed by atoms with E-state index in [0.29, 0.717) is 23.7 Å². The van der Waals surface area contributed by atoms with Crippen LogP contribution in [0.1, 0.15) is 18.9 Å². The molecule has 0 aromatic heterocycles. The van der Waals surface area contributed by atoms with Gasteiger partial charge in [-0.3, -0.25) is 4.79 Å². The number of ether oxygens (including phenoxy) is 2. The molecule has 0 heterocycles. The van der Waals surface area contributed by atoms with Gasteiger partial charge in [-0.1, -0.05) is 6.92 Å². The summed E-state index contributed by atoms with van der Waals surface area (Å²) in [6.07, 6.45) is 2.19. The summed E-state index contributed by atoms with van der Waals surface area (Å²) >= 11 is 0. The van der Waals surface area contributed by atoms with E-state index >= 15 is 0 Å². The van der Waals surface area contributed by atoms with Crippen molar-refractivity contribution in [3.05, 3.63) is 53.8 Å². The Kier molecular flexibility index (Phi) is 6.76. The van der Waals surface area contributed by atoms with E-state index in [2.05, 4.69) is 10.5 Å². The molecular weight excluding hydrogens is 327 g/mol. The van der Waals surface area contributed by atoms with Gasteiger partial charge < -0.3 is 14.6 Å². The summed E-state index contributed by atoms with van der Waals surface area (Å²) in [4.78, 5) is 11.6. The Morgan fingerprint density at radius 3 is 2.60 bits per heavy atom. The summed E-state index contributed by atoms with van der Waals surface area (Å²) in [5.74, 6) is 0.0681. The molecule has 25 heavy (non-hydrogen) atoms. The molecule has 0 radical (unpaired) electrons. The number of nitrogens with zero attached hydrogens (tertiary/aromatic N) is 1. The average Bonchev–Trinajstić information content (AvgIpc) is 2.61. The number of rotatable bonds is 8. The average molecular weight is 346 g/mol. The topological polar surface area (TPSA) is 80.2 Å². The van der Waals surface area contributed by atoms with Crippen molar-refractivity contribution in [1.29, 1.82) is 0 Å². The van der Waals surface area contributed by atoms with E-state index in [1.54, 1.807) is 12.1 Å². The molecule has 7 heteroatoms. The maximum Gasteiger partial charge on any atom is 0.277 e. The fourth-order valence-electron chi connectivity index (χ4n) is 1.83. The molecule has 0 aliphatic rings. The van der Waals surface area contributed by atoms with Gasteiger partial charge in [0.15, 0.2) is 6.61 Å². The fraction of sp³-hybridized carbons (Fsp3) is 0.222. The number of carbonyl (C=O) groups is 1. The van der Waals surface area contributed by atoms with Crippen LogP contribution in [-0.2, 0) is 4.79 Å². The van der Waals surface area contributed by atoms with Crippen molar-refractivity contribution in [1.82, 2.24) is 5.43 Å². The number of aromatic hydroxyl groups is 1. The smallest absolute Gasteiger partial charge is 0.277 e. The predicted molar refractivity (Wildman–Crippen MR) is 91.5 cm³/mol. The van der Waals surface area contributed by atoms with Crippen LogP contribution in [0.3, 0.4) is 0 Å². The van der Waals surface area contributed by atoms with Crippen LogP contribution in [-0.4, -0.2) is 30.4 Å². The first-order valence-electron chi connectivity index (χ1n) is 7.74. The van der Waals surface area contributed by atoms with E-state index in [9.17, 15) is 14.3 Å². The first-order valence-corrected chi connectivity index (χ1v) is 7.74. The highest BCUT2D eigenvalue weighted by atomic mass is 19.1. The normalized spacial score (nSPS) is 10.6. The third-order valence-corrected chi connectivity index (χ3v) is 3.05. The second-order valence-corrected chi connectivity index (χ2v) is 5.10. The SMILES string of the molecule is CCCOc1ccc(/C=N/NC(=O)COc2ccc(F)cc2)c(O)c1. The van der Waals surface area contributed by atoms with Crippen LogP contribution < -0.4 is 14.9 Å². The lowest BCUT2D eigenvalue weighted by molar-refractivity contribution is -0.123. The number of hydrogen-bond acceptors (Lipinski definition) is 5. The van der Waals surface area contributed by atoms with Crippen molar-refractivity contribution in [3.8, 4) is 17.2 Å². The van der Waals surface area contributed by atoms with Crippen LogP contribution in [0.4, 0.5) is 4.39 Å². The van der Waals surface area contributed by atoms with Crippen LogP contribution in [0, 0.1) is 5.82 Å². The molecule has 0 saturated heterocycles. The number of carbonyl (C=O) groups excluding carboxylic acids is 1. The zero-order chi connectivity index (χ0) is 18.1. The van der Waals surface area contributed by atoms with E-state index in [1.807, 2.05) is 6.92 Å².